The Hall–Kier alpha value is -0.750. The van der Waals surface area contributed by atoms with Crippen LogP contribution in [0.4, 0.5) is 6.01 Å². The summed E-state index contributed by atoms with van der Waals surface area (Å²) in [6.07, 6.45) is 3.16. The van der Waals surface area contributed by atoms with Gasteiger partial charge in [0.25, 0.3) is 0 Å². The SMILES string of the molecule is CSCCCNc1nnc(C(C)N)o1. The minimum Gasteiger partial charge on any atom is -0.406 e. The standard InChI is InChI=1S/C8H16N4OS/c1-6(9)7-11-12-8(13-7)10-4-3-5-14-2/h6H,3-5,9H2,1-2H3,(H,10,12). The van der Waals surface area contributed by atoms with E-state index in [1.54, 1.807) is 0 Å². The van der Waals surface area contributed by atoms with Gasteiger partial charge in [0, 0.05) is 6.54 Å². The van der Waals surface area contributed by atoms with E-state index in [4.69, 9.17) is 10.2 Å². The molecule has 1 aromatic heterocycles. The Labute approximate surface area is 87.8 Å². The van der Waals surface area contributed by atoms with Gasteiger partial charge in [0.15, 0.2) is 0 Å². The molecule has 6 heteroatoms. The van der Waals surface area contributed by atoms with E-state index in [0.29, 0.717) is 11.9 Å². The van der Waals surface area contributed by atoms with Crippen molar-refractivity contribution in [2.75, 3.05) is 23.9 Å². The minimum atomic E-state index is -0.204. The third-order valence-electron chi connectivity index (χ3n) is 1.63. The molecule has 0 aliphatic carbocycles. The molecule has 3 N–H and O–H groups in total. The van der Waals surface area contributed by atoms with Gasteiger partial charge < -0.3 is 15.5 Å². The number of aromatic nitrogens is 2. The fourth-order valence-electron chi connectivity index (χ4n) is 0.902. The van der Waals surface area contributed by atoms with Crippen LogP contribution in [0.5, 0.6) is 0 Å². The fraction of sp³-hybridized carbons (Fsp3) is 0.750. The second kappa shape index (κ2) is 5.87. The zero-order valence-corrected chi connectivity index (χ0v) is 9.30. The van der Waals surface area contributed by atoms with E-state index in [1.807, 2.05) is 18.7 Å². The summed E-state index contributed by atoms with van der Waals surface area (Å²) in [7, 11) is 0. The molecule has 0 bridgehead atoms. The van der Waals surface area contributed by atoms with Crippen LogP contribution in [-0.4, -0.2) is 28.8 Å². The zero-order chi connectivity index (χ0) is 10.4. The number of rotatable bonds is 6. The van der Waals surface area contributed by atoms with Gasteiger partial charge in [0.1, 0.15) is 0 Å². The van der Waals surface area contributed by atoms with Crippen molar-refractivity contribution in [1.29, 1.82) is 0 Å². The normalized spacial score (nSPS) is 12.8. The minimum absolute atomic E-state index is 0.204. The molecule has 0 radical (unpaired) electrons. The Morgan fingerprint density at radius 1 is 1.57 bits per heavy atom. The number of nitrogens with two attached hydrogens (primary N) is 1. The van der Waals surface area contributed by atoms with E-state index in [0.717, 1.165) is 18.7 Å². The largest absolute Gasteiger partial charge is 0.406 e. The summed E-state index contributed by atoms with van der Waals surface area (Å²) < 4.78 is 5.26. The summed E-state index contributed by atoms with van der Waals surface area (Å²) in [6.45, 7) is 2.66. The molecule has 1 atom stereocenters. The van der Waals surface area contributed by atoms with Gasteiger partial charge >= 0.3 is 6.01 Å². The molecule has 0 spiro atoms. The first-order valence-corrected chi connectivity index (χ1v) is 5.95. The highest BCUT2D eigenvalue weighted by molar-refractivity contribution is 7.98. The van der Waals surface area contributed by atoms with Gasteiger partial charge in [0.05, 0.1) is 6.04 Å². The summed E-state index contributed by atoms with van der Waals surface area (Å²) in [5.74, 6) is 1.60. The molecular formula is C8H16N4OS. The lowest BCUT2D eigenvalue weighted by molar-refractivity contribution is 0.473. The van der Waals surface area contributed by atoms with Crippen LogP contribution in [0.25, 0.3) is 0 Å². The molecule has 1 heterocycles. The molecule has 0 aromatic carbocycles. The maximum Gasteiger partial charge on any atom is 0.315 e. The van der Waals surface area contributed by atoms with Crippen molar-refractivity contribution in [3.8, 4) is 0 Å². The highest BCUT2D eigenvalue weighted by atomic mass is 32.2. The fourth-order valence-corrected chi connectivity index (χ4v) is 1.33. The summed E-state index contributed by atoms with van der Waals surface area (Å²) in [6, 6.07) is 0.252. The lowest BCUT2D eigenvalue weighted by atomic mass is 10.4. The highest BCUT2D eigenvalue weighted by Crippen LogP contribution is 2.10. The van der Waals surface area contributed by atoms with Gasteiger partial charge in [-0.25, -0.2) is 0 Å². The van der Waals surface area contributed by atoms with Crippen LogP contribution in [0, 0.1) is 0 Å². The number of hydrogen-bond acceptors (Lipinski definition) is 6. The van der Waals surface area contributed by atoms with Crippen LogP contribution >= 0.6 is 11.8 Å². The average Bonchev–Trinajstić information content (AvgIpc) is 2.61. The van der Waals surface area contributed by atoms with Crippen molar-refractivity contribution in [1.82, 2.24) is 10.2 Å². The second-order valence-corrected chi connectivity index (χ2v) is 3.99. The number of thioether (sulfide) groups is 1. The highest BCUT2D eigenvalue weighted by Gasteiger charge is 2.08. The van der Waals surface area contributed by atoms with Gasteiger partial charge in [-0.15, -0.1) is 5.10 Å². The molecule has 0 saturated carbocycles. The number of hydrogen-bond donors (Lipinski definition) is 2. The smallest absolute Gasteiger partial charge is 0.315 e. The lowest BCUT2D eigenvalue weighted by Gasteiger charge is -1.99. The predicted molar refractivity (Wildman–Crippen MR) is 58.4 cm³/mol. The maximum absolute atomic E-state index is 5.58. The topological polar surface area (TPSA) is 77.0 Å². The third-order valence-corrected chi connectivity index (χ3v) is 2.33. The molecule has 0 aliphatic heterocycles. The third kappa shape index (κ3) is 3.55. The monoisotopic (exact) mass is 216 g/mol. The van der Waals surface area contributed by atoms with E-state index >= 15 is 0 Å². The molecule has 1 unspecified atom stereocenters. The Morgan fingerprint density at radius 3 is 2.93 bits per heavy atom. The van der Waals surface area contributed by atoms with Crippen molar-refractivity contribution in [2.45, 2.75) is 19.4 Å². The molecule has 5 nitrogen and oxygen atoms in total. The second-order valence-electron chi connectivity index (χ2n) is 3.01. The van der Waals surface area contributed by atoms with Crippen LogP contribution < -0.4 is 11.1 Å². The van der Waals surface area contributed by atoms with E-state index in [1.165, 1.54) is 0 Å². The first-order chi connectivity index (χ1) is 6.74. The first kappa shape index (κ1) is 11.3. The Balaban J connectivity index is 2.29. The van der Waals surface area contributed by atoms with Crippen molar-refractivity contribution in [2.24, 2.45) is 5.73 Å². The number of anilines is 1. The summed E-state index contributed by atoms with van der Waals surface area (Å²) in [4.78, 5) is 0. The molecular weight excluding hydrogens is 200 g/mol. The Bertz CT molecular complexity index is 264. The molecule has 14 heavy (non-hydrogen) atoms. The predicted octanol–water partition coefficient (Wildman–Crippen LogP) is 1.25. The van der Waals surface area contributed by atoms with E-state index in [2.05, 4.69) is 21.8 Å². The van der Waals surface area contributed by atoms with Crippen LogP contribution in [-0.2, 0) is 0 Å². The molecule has 80 valence electrons. The van der Waals surface area contributed by atoms with Crippen molar-refractivity contribution in [3.05, 3.63) is 5.89 Å². The van der Waals surface area contributed by atoms with Gasteiger partial charge in [-0.05, 0) is 25.4 Å². The van der Waals surface area contributed by atoms with Crippen LogP contribution in [0.2, 0.25) is 0 Å². The van der Waals surface area contributed by atoms with Crippen molar-refractivity contribution in [3.63, 3.8) is 0 Å². The van der Waals surface area contributed by atoms with Crippen molar-refractivity contribution < 1.29 is 4.42 Å². The van der Waals surface area contributed by atoms with Gasteiger partial charge in [-0.3, -0.25) is 0 Å². The molecule has 1 rings (SSSR count). The molecule has 0 amide bonds. The Kier molecular flexibility index (Phi) is 4.75. The molecule has 0 fully saturated rings. The van der Waals surface area contributed by atoms with Crippen LogP contribution in [0.15, 0.2) is 4.42 Å². The zero-order valence-electron chi connectivity index (χ0n) is 8.49. The van der Waals surface area contributed by atoms with Gasteiger partial charge in [-0.2, -0.15) is 11.8 Å². The van der Waals surface area contributed by atoms with E-state index in [-0.39, 0.29) is 6.04 Å². The Morgan fingerprint density at radius 2 is 2.36 bits per heavy atom. The van der Waals surface area contributed by atoms with Crippen LogP contribution in [0.1, 0.15) is 25.3 Å². The lowest BCUT2D eigenvalue weighted by Crippen LogP contribution is -2.05. The van der Waals surface area contributed by atoms with Crippen LogP contribution in [0.3, 0.4) is 0 Å². The summed E-state index contributed by atoms with van der Waals surface area (Å²) in [5, 5.41) is 10.7. The maximum atomic E-state index is 5.58. The van der Waals surface area contributed by atoms with Crippen molar-refractivity contribution >= 4 is 17.8 Å². The summed E-state index contributed by atoms with van der Waals surface area (Å²) >= 11 is 1.82. The van der Waals surface area contributed by atoms with Gasteiger partial charge in [0.2, 0.25) is 5.89 Å². The molecule has 0 aliphatic rings. The number of nitrogens with zero attached hydrogens (tertiary/aromatic N) is 2. The molecule has 1 aromatic rings. The molecule has 0 saturated heterocycles. The van der Waals surface area contributed by atoms with E-state index < -0.39 is 0 Å². The van der Waals surface area contributed by atoms with E-state index in [9.17, 15) is 0 Å². The quantitative estimate of drug-likeness (QED) is 0.697. The average molecular weight is 216 g/mol. The number of nitrogens with one attached hydrogen (secondary N) is 1. The van der Waals surface area contributed by atoms with Gasteiger partial charge in [-0.1, -0.05) is 5.10 Å². The summed E-state index contributed by atoms with van der Waals surface area (Å²) in [5.41, 5.74) is 5.58. The first-order valence-electron chi connectivity index (χ1n) is 4.56.